The molecular weight excluding hydrogens is 438 g/mol. The molecule has 0 fully saturated rings. The van der Waals surface area contributed by atoms with E-state index in [0.29, 0.717) is 36.8 Å². The van der Waals surface area contributed by atoms with Crippen LogP contribution in [0.3, 0.4) is 0 Å². The number of rotatable bonds is 7. The van der Waals surface area contributed by atoms with Gasteiger partial charge in [0.2, 0.25) is 11.8 Å². The van der Waals surface area contributed by atoms with Gasteiger partial charge >= 0.3 is 0 Å². The molecule has 2 heterocycles. The number of fused-ring (bicyclic) bond motifs is 2. The van der Waals surface area contributed by atoms with E-state index in [9.17, 15) is 9.59 Å². The van der Waals surface area contributed by atoms with Crippen LogP contribution in [0.4, 0.5) is 11.4 Å². The van der Waals surface area contributed by atoms with Crippen LogP contribution in [0.15, 0.2) is 41.4 Å². The Morgan fingerprint density at radius 2 is 1.76 bits per heavy atom. The van der Waals surface area contributed by atoms with E-state index in [1.165, 1.54) is 11.8 Å². The number of aryl methyl sites for hydroxylation is 2. The van der Waals surface area contributed by atoms with Gasteiger partial charge in [-0.1, -0.05) is 31.7 Å². The number of anilines is 2. The molecule has 1 aliphatic heterocycles. The van der Waals surface area contributed by atoms with Crippen LogP contribution in [-0.2, 0) is 16.0 Å². The highest BCUT2D eigenvalue weighted by Gasteiger charge is 2.16. The van der Waals surface area contributed by atoms with Crippen LogP contribution in [0.1, 0.15) is 31.4 Å². The van der Waals surface area contributed by atoms with Crippen molar-refractivity contribution in [3.63, 3.8) is 0 Å². The fraction of sp³-hybridized carbons (Fsp3) is 0.320. The maximum absolute atomic E-state index is 12.6. The Balaban J connectivity index is 1.47. The van der Waals surface area contributed by atoms with Gasteiger partial charge in [0.25, 0.3) is 0 Å². The second kappa shape index (κ2) is 10.1. The van der Waals surface area contributed by atoms with Gasteiger partial charge in [0.05, 0.1) is 11.3 Å². The molecule has 0 unspecified atom stereocenters. The number of carbonyl (C=O) groups excluding carboxylic acids is 2. The van der Waals surface area contributed by atoms with Crippen molar-refractivity contribution in [1.29, 1.82) is 0 Å². The highest BCUT2D eigenvalue weighted by atomic mass is 32.2. The molecule has 0 spiro atoms. The van der Waals surface area contributed by atoms with Gasteiger partial charge in [-0.05, 0) is 48.7 Å². The lowest BCUT2D eigenvalue weighted by molar-refractivity contribution is -0.116. The van der Waals surface area contributed by atoms with E-state index in [4.69, 9.17) is 14.5 Å². The molecule has 0 saturated heterocycles. The summed E-state index contributed by atoms with van der Waals surface area (Å²) < 4.78 is 11.4. The Kier molecular flexibility index (Phi) is 7.03. The second-order valence-electron chi connectivity index (χ2n) is 7.76. The summed E-state index contributed by atoms with van der Waals surface area (Å²) in [5.74, 6) is 1.46. The van der Waals surface area contributed by atoms with Crippen molar-refractivity contribution < 1.29 is 19.1 Å². The first-order valence-electron chi connectivity index (χ1n) is 11.0. The summed E-state index contributed by atoms with van der Waals surface area (Å²) in [7, 11) is 0. The third-order valence-electron chi connectivity index (χ3n) is 5.36. The third-order valence-corrected chi connectivity index (χ3v) is 6.39. The van der Waals surface area contributed by atoms with E-state index in [2.05, 4.69) is 23.6 Å². The monoisotopic (exact) mass is 465 g/mol. The predicted molar refractivity (Wildman–Crippen MR) is 132 cm³/mol. The summed E-state index contributed by atoms with van der Waals surface area (Å²) in [5, 5.41) is 7.59. The summed E-state index contributed by atoms with van der Waals surface area (Å²) in [6.45, 7) is 6.86. The number of aromatic nitrogens is 1. The van der Waals surface area contributed by atoms with Crippen LogP contribution < -0.4 is 20.1 Å². The van der Waals surface area contributed by atoms with Gasteiger partial charge in [-0.2, -0.15) is 0 Å². The van der Waals surface area contributed by atoms with E-state index in [1.54, 1.807) is 13.0 Å². The zero-order valence-electron chi connectivity index (χ0n) is 19.0. The third kappa shape index (κ3) is 5.39. The molecule has 1 aliphatic rings. The summed E-state index contributed by atoms with van der Waals surface area (Å²) >= 11 is 1.41. The number of benzene rings is 2. The minimum atomic E-state index is -0.136. The molecule has 2 N–H and O–H groups in total. The highest BCUT2D eigenvalue weighted by Crippen LogP contribution is 2.36. The smallest absolute Gasteiger partial charge is 0.234 e. The minimum absolute atomic E-state index is 0.0650. The van der Waals surface area contributed by atoms with Crippen molar-refractivity contribution in [3.8, 4) is 11.5 Å². The van der Waals surface area contributed by atoms with E-state index in [1.807, 2.05) is 31.2 Å². The van der Waals surface area contributed by atoms with Crippen molar-refractivity contribution in [2.45, 2.75) is 38.6 Å². The van der Waals surface area contributed by atoms with Crippen LogP contribution in [0, 0.1) is 6.92 Å². The van der Waals surface area contributed by atoms with Crippen LogP contribution >= 0.6 is 11.8 Å². The first-order chi connectivity index (χ1) is 16.0. The zero-order valence-corrected chi connectivity index (χ0v) is 19.8. The van der Waals surface area contributed by atoms with Crippen LogP contribution in [0.5, 0.6) is 11.5 Å². The number of thioether (sulfide) groups is 1. The van der Waals surface area contributed by atoms with Gasteiger partial charge in [-0.25, -0.2) is 4.98 Å². The first kappa shape index (κ1) is 22.9. The quantitative estimate of drug-likeness (QED) is 0.480. The van der Waals surface area contributed by atoms with Gasteiger partial charge < -0.3 is 20.1 Å². The predicted octanol–water partition coefficient (Wildman–Crippen LogP) is 4.96. The maximum atomic E-state index is 12.6. The molecule has 0 aliphatic carbocycles. The molecule has 4 rings (SSSR count). The molecule has 2 aromatic carbocycles. The lowest BCUT2D eigenvalue weighted by atomic mass is 10.1. The van der Waals surface area contributed by atoms with Crippen molar-refractivity contribution >= 4 is 45.9 Å². The minimum Gasteiger partial charge on any atom is -0.486 e. The Hall–Kier alpha value is -3.26. The average Bonchev–Trinajstić information content (AvgIpc) is 2.82. The molecule has 3 aromatic rings. The van der Waals surface area contributed by atoms with Gasteiger partial charge in [0.15, 0.2) is 11.5 Å². The fourth-order valence-electron chi connectivity index (χ4n) is 3.52. The Bertz CT molecular complexity index is 1210. The Labute approximate surface area is 197 Å². The van der Waals surface area contributed by atoms with E-state index in [0.717, 1.165) is 39.2 Å². The second-order valence-corrected chi connectivity index (χ2v) is 8.73. The van der Waals surface area contributed by atoms with E-state index >= 15 is 0 Å². The number of carbonyl (C=O) groups is 2. The molecule has 1 aromatic heterocycles. The fourth-order valence-corrected chi connectivity index (χ4v) is 4.41. The number of hydrogen-bond acceptors (Lipinski definition) is 6. The molecule has 7 nitrogen and oxygen atoms in total. The van der Waals surface area contributed by atoms with Gasteiger partial charge in [0.1, 0.15) is 18.2 Å². The summed E-state index contributed by atoms with van der Waals surface area (Å²) in [6.07, 6.45) is 1.20. The number of hydrogen-bond donors (Lipinski definition) is 2. The molecule has 33 heavy (non-hydrogen) atoms. The van der Waals surface area contributed by atoms with Crippen molar-refractivity contribution in [3.05, 3.63) is 47.5 Å². The molecule has 0 saturated carbocycles. The number of nitrogens with one attached hydrogen (secondary N) is 2. The van der Waals surface area contributed by atoms with E-state index in [-0.39, 0.29) is 17.6 Å². The van der Waals surface area contributed by atoms with Crippen molar-refractivity contribution in [1.82, 2.24) is 4.98 Å². The van der Waals surface area contributed by atoms with Gasteiger partial charge in [0, 0.05) is 29.2 Å². The Morgan fingerprint density at radius 1 is 1.00 bits per heavy atom. The Morgan fingerprint density at radius 3 is 2.48 bits per heavy atom. The molecular formula is C25H27N3O4S. The number of pyridine rings is 1. The first-order valence-corrected chi connectivity index (χ1v) is 12.0. The zero-order chi connectivity index (χ0) is 23.4. The SMILES string of the molecule is CCC(=O)Nc1cc(NC(=O)CSc2nc3cc4c(cc3cc2CC)OCCO4)ccc1C. The molecule has 2 amide bonds. The summed E-state index contributed by atoms with van der Waals surface area (Å²) in [4.78, 5) is 29.2. The molecule has 0 atom stereocenters. The lowest BCUT2D eigenvalue weighted by Crippen LogP contribution is -2.16. The standard InChI is InChI=1S/C25H27N3O4S/c1-4-16-10-17-11-21-22(32-9-8-31-21)13-20(17)28-25(16)33-14-24(30)26-18-7-6-15(3)19(12-18)27-23(29)5-2/h6-7,10-13H,4-5,8-9,14H2,1-3H3,(H,26,30)(H,27,29). The number of ether oxygens (including phenoxy) is 2. The van der Waals surface area contributed by atoms with Crippen LogP contribution in [0.2, 0.25) is 0 Å². The van der Waals surface area contributed by atoms with E-state index < -0.39 is 0 Å². The molecule has 0 radical (unpaired) electrons. The van der Waals surface area contributed by atoms with Crippen LogP contribution in [-0.4, -0.2) is 35.8 Å². The number of amides is 2. The van der Waals surface area contributed by atoms with Crippen molar-refractivity contribution in [2.24, 2.45) is 0 Å². The summed E-state index contributed by atoms with van der Waals surface area (Å²) in [6, 6.07) is 11.4. The van der Waals surface area contributed by atoms with Gasteiger partial charge in [-0.15, -0.1) is 0 Å². The molecule has 8 heteroatoms. The summed E-state index contributed by atoms with van der Waals surface area (Å²) in [5.41, 5.74) is 4.18. The molecule has 172 valence electrons. The van der Waals surface area contributed by atoms with Crippen molar-refractivity contribution in [2.75, 3.05) is 29.6 Å². The largest absolute Gasteiger partial charge is 0.486 e. The maximum Gasteiger partial charge on any atom is 0.234 e. The van der Waals surface area contributed by atoms with Crippen LogP contribution in [0.25, 0.3) is 10.9 Å². The van der Waals surface area contributed by atoms with Gasteiger partial charge in [-0.3, -0.25) is 9.59 Å². The average molecular weight is 466 g/mol. The normalized spacial score (nSPS) is 12.5. The topological polar surface area (TPSA) is 89.6 Å². The molecule has 0 bridgehead atoms. The highest BCUT2D eigenvalue weighted by molar-refractivity contribution is 8.00. The lowest BCUT2D eigenvalue weighted by Gasteiger charge is -2.19. The number of nitrogens with zero attached hydrogens (tertiary/aromatic N) is 1.